The molecule has 10 heteroatoms. The summed E-state index contributed by atoms with van der Waals surface area (Å²) >= 11 is 9.15. The van der Waals surface area contributed by atoms with Crippen LogP contribution in [-0.4, -0.2) is 45.9 Å². The number of non-ortho nitro benzene ring substituents is 1. The normalized spacial score (nSPS) is 17.9. The topological polar surface area (TPSA) is 85.2 Å². The van der Waals surface area contributed by atoms with Gasteiger partial charge in [0.05, 0.1) is 16.5 Å². The molecule has 4 rings (SSSR count). The number of hydrogen-bond donors (Lipinski definition) is 0. The van der Waals surface area contributed by atoms with E-state index in [4.69, 9.17) is 21.7 Å². The minimum Gasteiger partial charge on any atom is -0.493 e. The summed E-state index contributed by atoms with van der Waals surface area (Å²) in [6, 6.07) is 10.1. The number of carbonyl (C=O) groups excluding carboxylic acids is 1. The number of carbonyl (C=O) groups is 1. The third-order valence-corrected chi connectivity index (χ3v) is 7.35. The summed E-state index contributed by atoms with van der Waals surface area (Å²) in [5, 5.41) is 11.6. The first-order valence-electron chi connectivity index (χ1n) is 11.4. The Hall–Kier alpha value is -2.98. The lowest BCUT2D eigenvalue weighted by Gasteiger charge is -2.30. The molecule has 0 aromatic heterocycles. The van der Waals surface area contributed by atoms with Gasteiger partial charge in [0.1, 0.15) is 12.3 Å². The first-order chi connectivity index (χ1) is 16.8. The summed E-state index contributed by atoms with van der Waals surface area (Å²) < 4.78 is 12.1. The Morgan fingerprint density at radius 2 is 1.97 bits per heavy atom. The molecule has 1 saturated heterocycles. The van der Waals surface area contributed by atoms with Crippen molar-refractivity contribution in [2.75, 3.05) is 14.2 Å². The minimum atomic E-state index is -0.440. The quantitative estimate of drug-likeness (QED) is 0.187. The van der Waals surface area contributed by atoms with Crippen LogP contribution in [-0.2, 0) is 11.4 Å². The van der Waals surface area contributed by atoms with Gasteiger partial charge in [0, 0.05) is 25.2 Å². The van der Waals surface area contributed by atoms with Gasteiger partial charge in [0.15, 0.2) is 16.6 Å². The Kier molecular flexibility index (Phi) is 7.71. The van der Waals surface area contributed by atoms with Crippen LogP contribution in [0.1, 0.15) is 43.2 Å². The second kappa shape index (κ2) is 10.7. The van der Waals surface area contributed by atoms with E-state index in [0.29, 0.717) is 32.3 Å². The third kappa shape index (κ3) is 5.33. The Morgan fingerprint density at radius 3 is 2.66 bits per heavy atom. The molecule has 2 aromatic carbocycles. The van der Waals surface area contributed by atoms with Crippen LogP contribution in [0.25, 0.3) is 6.08 Å². The van der Waals surface area contributed by atoms with Crippen LogP contribution >= 0.6 is 28.1 Å². The summed E-state index contributed by atoms with van der Waals surface area (Å²) in [6.07, 6.45) is 7.18. The molecular formula is C25H26BrN3O5S. The molecular weight excluding hydrogens is 534 g/mol. The number of hydrogen-bond acceptors (Lipinski definition) is 6. The first kappa shape index (κ1) is 25.1. The summed E-state index contributed by atoms with van der Waals surface area (Å²) in [6.45, 7) is 0.128. The molecule has 0 atom stereocenters. The number of likely N-dealkylation sites (N-methyl/N-ethyl adjacent to an activating group) is 1. The molecule has 0 unspecified atom stereocenters. The van der Waals surface area contributed by atoms with E-state index in [-0.39, 0.29) is 24.2 Å². The standard InChI is InChI=1S/C25H26BrN3O5S/c1-27-21(24(30)28(25(27)35)18-8-4-3-5-9-18)13-17-12-20(26)23(22(14-17)33-2)34-15-16-7-6-10-19(11-16)29(31)32/h6-7,10-14,18H,3-5,8-9,15H2,1-2H3/b21-13-. The zero-order chi connectivity index (χ0) is 25.1. The second-order valence-electron chi connectivity index (χ2n) is 8.59. The van der Waals surface area contributed by atoms with Gasteiger partial charge in [-0.1, -0.05) is 31.4 Å². The average Bonchev–Trinajstić information content (AvgIpc) is 3.06. The van der Waals surface area contributed by atoms with Gasteiger partial charge in [-0.3, -0.25) is 19.8 Å². The fourth-order valence-electron chi connectivity index (χ4n) is 4.47. The molecule has 0 radical (unpaired) electrons. The van der Waals surface area contributed by atoms with Crippen molar-refractivity contribution in [3.63, 3.8) is 0 Å². The van der Waals surface area contributed by atoms with Crippen molar-refractivity contribution in [3.8, 4) is 11.5 Å². The van der Waals surface area contributed by atoms with E-state index in [9.17, 15) is 14.9 Å². The average molecular weight is 560 g/mol. The van der Waals surface area contributed by atoms with Crippen molar-refractivity contribution in [1.82, 2.24) is 9.80 Å². The van der Waals surface area contributed by atoms with Gasteiger partial charge in [-0.2, -0.15) is 0 Å². The largest absolute Gasteiger partial charge is 0.493 e. The number of nitro benzene ring substituents is 1. The number of nitro groups is 1. The first-order valence-corrected chi connectivity index (χ1v) is 12.6. The Morgan fingerprint density at radius 1 is 1.23 bits per heavy atom. The van der Waals surface area contributed by atoms with Crippen molar-refractivity contribution in [3.05, 3.63) is 67.8 Å². The maximum Gasteiger partial charge on any atom is 0.277 e. The van der Waals surface area contributed by atoms with E-state index in [1.54, 1.807) is 34.1 Å². The predicted molar refractivity (Wildman–Crippen MR) is 140 cm³/mol. The van der Waals surface area contributed by atoms with Gasteiger partial charge in [-0.15, -0.1) is 0 Å². The molecule has 2 aromatic rings. The lowest BCUT2D eigenvalue weighted by molar-refractivity contribution is -0.384. The highest BCUT2D eigenvalue weighted by Crippen LogP contribution is 2.39. The molecule has 0 bridgehead atoms. The predicted octanol–water partition coefficient (Wildman–Crippen LogP) is 5.68. The minimum absolute atomic E-state index is 0.00430. The molecule has 1 aliphatic heterocycles. The molecule has 2 fully saturated rings. The molecule has 35 heavy (non-hydrogen) atoms. The zero-order valence-corrected chi connectivity index (χ0v) is 21.9. The molecule has 184 valence electrons. The van der Waals surface area contributed by atoms with Gasteiger partial charge in [-0.25, -0.2) is 0 Å². The van der Waals surface area contributed by atoms with Gasteiger partial charge in [-0.05, 0) is 70.3 Å². The summed E-state index contributed by atoms with van der Waals surface area (Å²) in [5.74, 6) is 0.855. The number of halogens is 1. The second-order valence-corrected chi connectivity index (χ2v) is 9.81. The number of thiocarbonyl (C=S) groups is 1. The molecule has 1 amide bonds. The van der Waals surface area contributed by atoms with Crippen molar-refractivity contribution in [1.29, 1.82) is 0 Å². The van der Waals surface area contributed by atoms with Gasteiger partial charge < -0.3 is 14.4 Å². The zero-order valence-electron chi connectivity index (χ0n) is 19.5. The van der Waals surface area contributed by atoms with E-state index in [1.165, 1.54) is 25.7 Å². The van der Waals surface area contributed by atoms with Crippen LogP contribution in [0.15, 0.2) is 46.6 Å². The van der Waals surface area contributed by atoms with Crippen LogP contribution in [0.5, 0.6) is 11.5 Å². The van der Waals surface area contributed by atoms with Gasteiger partial charge >= 0.3 is 0 Å². The van der Waals surface area contributed by atoms with Gasteiger partial charge in [0.25, 0.3) is 11.6 Å². The number of amides is 1. The lowest BCUT2D eigenvalue weighted by Crippen LogP contribution is -2.41. The fourth-order valence-corrected chi connectivity index (χ4v) is 5.38. The maximum atomic E-state index is 13.3. The van der Waals surface area contributed by atoms with Gasteiger partial charge in [0.2, 0.25) is 0 Å². The van der Waals surface area contributed by atoms with E-state index >= 15 is 0 Å². The highest BCUT2D eigenvalue weighted by Gasteiger charge is 2.40. The molecule has 1 aliphatic carbocycles. The SMILES string of the molecule is COc1cc(/C=C2/C(=O)N(C3CCCCC3)C(=S)N2C)cc(Br)c1OCc1cccc([N+](=O)[O-])c1. The molecule has 0 N–H and O–H groups in total. The van der Waals surface area contributed by atoms with E-state index in [2.05, 4.69) is 15.9 Å². The van der Waals surface area contributed by atoms with Crippen molar-refractivity contribution in [2.45, 2.75) is 44.8 Å². The van der Waals surface area contributed by atoms with Crippen LogP contribution < -0.4 is 9.47 Å². The number of rotatable bonds is 7. The third-order valence-electron chi connectivity index (χ3n) is 6.29. The highest BCUT2D eigenvalue weighted by atomic mass is 79.9. The number of methoxy groups -OCH3 is 1. The molecule has 8 nitrogen and oxygen atoms in total. The number of nitrogens with zero attached hydrogens (tertiary/aromatic N) is 3. The van der Waals surface area contributed by atoms with Crippen molar-refractivity contribution < 1.29 is 19.2 Å². The Bertz CT molecular complexity index is 1200. The monoisotopic (exact) mass is 559 g/mol. The molecule has 2 aliphatic rings. The maximum absolute atomic E-state index is 13.3. The smallest absolute Gasteiger partial charge is 0.277 e. The summed E-state index contributed by atoms with van der Waals surface area (Å²) in [4.78, 5) is 27.4. The fraction of sp³-hybridized carbons (Fsp3) is 0.360. The molecule has 0 spiro atoms. The van der Waals surface area contributed by atoms with Crippen LogP contribution in [0.4, 0.5) is 5.69 Å². The van der Waals surface area contributed by atoms with E-state index < -0.39 is 4.92 Å². The highest BCUT2D eigenvalue weighted by molar-refractivity contribution is 9.10. The lowest BCUT2D eigenvalue weighted by atomic mass is 9.94. The van der Waals surface area contributed by atoms with E-state index in [1.807, 2.05) is 13.1 Å². The Labute approximate surface area is 217 Å². The number of benzene rings is 2. The number of ether oxygens (including phenoxy) is 2. The summed E-state index contributed by atoms with van der Waals surface area (Å²) in [5.41, 5.74) is 1.93. The van der Waals surface area contributed by atoms with Crippen molar-refractivity contribution >= 4 is 50.9 Å². The molecule has 1 saturated carbocycles. The van der Waals surface area contributed by atoms with Crippen LogP contribution in [0, 0.1) is 10.1 Å². The van der Waals surface area contributed by atoms with Crippen molar-refractivity contribution in [2.24, 2.45) is 0 Å². The van der Waals surface area contributed by atoms with Crippen LogP contribution in [0.2, 0.25) is 0 Å². The summed E-state index contributed by atoms with van der Waals surface area (Å²) in [7, 11) is 3.35. The Balaban J connectivity index is 1.57. The van der Waals surface area contributed by atoms with E-state index in [0.717, 1.165) is 31.2 Å². The van der Waals surface area contributed by atoms with Crippen LogP contribution in [0.3, 0.4) is 0 Å². The molecule has 1 heterocycles.